The van der Waals surface area contributed by atoms with Crippen LogP contribution in [0.4, 0.5) is 0 Å². The fourth-order valence-electron chi connectivity index (χ4n) is 2.91. The Bertz CT molecular complexity index is 444. The van der Waals surface area contributed by atoms with Crippen molar-refractivity contribution in [2.24, 2.45) is 5.41 Å². The van der Waals surface area contributed by atoms with Gasteiger partial charge in [0.15, 0.2) is 0 Å². The van der Waals surface area contributed by atoms with Gasteiger partial charge >= 0.3 is 0 Å². The van der Waals surface area contributed by atoms with Crippen LogP contribution >= 0.6 is 24.8 Å². The molecule has 1 atom stereocenters. The zero-order valence-corrected chi connectivity index (χ0v) is 14.4. The highest BCUT2D eigenvalue weighted by Gasteiger charge is 2.34. The number of piperazine rings is 1. The second-order valence-electron chi connectivity index (χ2n) is 6.30. The van der Waals surface area contributed by atoms with Crippen molar-refractivity contribution in [3.05, 3.63) is 23.8 Å². The molecule has 6 heteroatoms. The number of hydrogen-bond donors (Lipinski definition) is 3. The summed E-state index contributed by atoms with van der Waals surface area (Å²) in [5.41, 5.74) is 0.803. The van der Waals surface area contributed by atoms with Crippen LogP contribution < -0.4 is 5.32 Å². The van der Waals surface area contributed by atoms with Gasteiger partial charge in [-0.3, -0.25) is 4.90 Å². The van der Waals surface area contributed by atoms with E-state index in [0.717, 1.165) is 31.7 Å². The minimum atomic E-state index is -0.0113. The number of phenols is 2. The Balaban J connectivity index is 0.00000200. The summed E-state index contributed by atoms with van der Waals surface area (Å²) < 4.78 is 0. The first kappa shape index (κ1) is 20.3. The maximum absolute atomic E-state index is 10.1. The number of aromatic hydroxyl groups is 2. The molecule has 122 valence electrons. The zero-order valence-electron chi connectivity index (χ0n) is 12.8. The molecular formula is C15H26Cl2N2O2. The molecule has 0 saturated carbocycles. The van der Waals surface area contributed by atoms with Crippen LogP contribution in [0.3, 0.4) is 0 Å². The maximum Gasteiger partial charge on any atom is 0.120 e. The number of nitrogens with zero attached hydrogens (tertiary/aromatic N) is 1. The van der Waals surface area contributed by atoms with Crippen LogP contribution in [-0.4, -0.2) is 41.3 Å². The van der Waals surface area contributed by atoms with Crippen LogP contribution in [0.2, 0.25) is 0 Å². The maximum atomic E-state index is 10.1. The highest BCUT2D eigenvalue weighted by molar-refractivity contribution is 5.85. The molecule has 0 bridgehead atoms. The third-order valence-corrected chi connectivity index (χ3v) is 3.64. The summed E-state index contributed by atoms with van der Waals surface area (Å²) in [4.78, 5) is 2.38. The molecule has 21 heavy (non-hydrogen) atoms. The summed E-state index contributed by atoms with van der Waals surface area (Å²) in [6.07, 6.45) is 0. The zero-order chi connectivity index (χ0) is 14.0. The molecule has 3 N–H and O–H groups in total. The Labute approximate surface area is 139 Å². The third kappa shape index (κ3) is 4.92. The molecule has 1 heterocycles. The van der Waals surface area contributed by atoms with Crippen molar-refractivity contribution in [1.82, 2.24) is 10.2 Å². The van der Waals surface area contributed by atoms with E-state index in [9.17, 15) is 10.2 Å². The Morgan fingerprint density at radius 1 is 1.10 bits per heavy atom. The van der Waals surface area contributed by atoms with Gasteiger partial charge in [0.1, 0.15) is 11.5 Å². The molecule has 1 aliphatic heterocycles. The van der Waals surface area contributed by atoms with E-state index in [4.69, 9.17) is 0 Å². The minimum absolute atomic E-state index is 0. The lowest BCUT2D eigenvalue weighted by molar-refractivity contribution is 0.0841. The largest absolute Gasteiger partial charge is 0.508 e. The van der Waals surface area contributed by atoms with Crippen molar-refractivity contribution >= 4 is 24.8 Å². The first-order valence-electron chi connectivity index (χ1n) is 6.86. The second kappa shape index (κ2) is 8.08. The standard InChI is InChI=1S/C15H24N2O2.2ClH/c1-15(2,3)14(17-8-6-16-7-9-17)12-10-11(18)4-5-13(12)19;;/h4-5,10,14,16,18-19H,6-9H2,1-3H3;2*1H/t14-;;/m1../s1. The van der Waals surface area contributed by atoms with E-state index in [1.807, 2.05) is 0 Å². The van der Waals surface area contributed by atoms with Crippen molar-refractivity contribution in [1.29, 1.82) is 0 Å². The summed E-state index contributed by atoms with van der Waals surface area (Å²) in [6, 6.07) is 4.89. The normalized spacial score (nSPS) is 17.5. The number of hydrogen-bond acceptors (Lipinski definition) is 4. The Hall–Kier alpha value is -0.680. The highest BCUT2D eigenvalue weighted by Crippen LogP contribution is 2.42. The first-order chi connectivity index (χ1) is 8.89. The molecule has 0 aliphatic carbocycles. The van der Waals surface area contributed by atoms with Crippen molar-refractivity contribution < 1.29 is 10.2 Å². The van der Waals surface area contributed by atoms with Crippen LogP contribution in [0.25, 0.3) is 0 Å². The summed E-state index contributed by atoms with van der Waals surface area (Å²) >= 11 is 0. The fraction of sp³-hybridized carbons (Fsp3) is 0.600. The number of benzene rings is 1. The minimum Gasteiger partial charge on any atom is -0.508 e. The summed E-state index contributed by atoms with van der Waals surface area (Å²) in [5, 5.41) is 23.2. The predicted octanol–water partition coefficient (Wildman–Crippen LogP) is 2.93. The highest BCUT2D eigenvalue weighted by atomic mass is 35.5. The van der Waals surface area contributed by atoms with Gasteiger partial charge in [-0.2, -0.15) is 0 Å². The first-order valence-corrected chi connectivity index (χ1v) is 6.86. The quantitative estimate of drug-likeness (QED) is 0.727. The molecule has 0 amide bonds. The number of rotatable bonds is 2. The Kier molecular flexibility index (Phi) is 7.82. The van der Waals surface area contributed by atoms with E-state index in [2.05, 4.69) is 31.0 Å². The van der Waals surface area contributed by atoms with Crippen LogP contribution in [0.1, 0.15) is 32.4 Å². The Morgan fingerprint density at radius 2 is 1.67 bits per heavy atom. The van der Waals surface area contributed by atoms with Crippen molar-refractivity contribution in [2.45, 2.75) is 26.8 Å². The van der Waals surface area contributed by atoms with Gasteiger partial charge in [-0.05, 0) is 23.6 Å². The van der Waals surface area contributed by atoms with Gasteiger partial charge in [0, 0.05) is 37.8 Å². The Morgan fingerprint density at radius 3 is 2.19 bits per heavy atom. The van der Waals surface area contributed by atoms with Crippen LogP contribution in [-0.2, 0) is 0 Å². The van der Waals surface area contributed by atoms with Crippen LogP contribution in [0.5, 0.6) is 11.5 Å². The number of phenolic OH excluding ortho intramolecular Hbond substituents is 2. The van der Waals surface area contributed by atoms with Crippen LogP contribution in [0, 0.1) is 5.41 Å². The van der Waals surface area contributed by atoms with E-state index < -0.39 is 0 Å². The van der Waals surface area contributed by atoms with Crippen molar-refractivity contribution in [3.8, 4) is 11.5 Å². The molecular weight excluding hydrogens is 311 g/mol. The summed E-state index contributed by atoms with van der Waals surface area (Å²) in [6.45, 7) is 10.3. The van der Waals surface area contributed by atoms with E-state index in [1.165, 1.54) is 6.07 Å². The van der Waals surface area contributed by atoms with Gasteiger partial charge in [0.2, 0.25) is 0 Å². The molecule has 1 fully saturated rings. The molecule has 0 spiro atoms. The van der Waals surface area contributed by atoms with Gasteiger partial charge in [-0.25, -0.2) is 0 Å². The summed E-state index contributed by atoms with van der Waals surface area (Å²) in [7, 11) is 0. The molecule has 1 aliphatic rings. The molecule has 4 nitrogen and oxygen atoms in total. The molecule has 0 aromatic heterocycles. The van der Waals surface area contributed by atoms with Gasteiger partial charge in [0.25, 0.3) is 0 Å². The van der Waals surface area contributed by atoms with E-state index in [1.54, 1.807) is 12.1 Å². The van der Waals surface area contributed by atoms with E-state index in [0.29, 0.717) is 0 Å². The second-order valence-corrected chi connectivity index (χ2v) is 6.30. The molecule has 1 saturated heterocycles. The number of halogens is 2. The van der Waals surface area contributed by atoms with E-state index in [-0.39, 0.29) is 47.8 Å². The topological polar surface area (TPSA) is 55.7 Å². The van der Waals surface area contributed by atoms with Gasteiger partial charge in [-0.1, -0.05) is 20.8 Å². The average Bonchev–Trinajstić information content (AvgIpc) is 2.33. The summed E-state index contributed by atoms with van der Waals surface area (Å²) in [5.74, 6) is 0.466. The lowest BCUT2D eigenvalue weighted by Gasteiger charge is -2.42. The molecule has 2 rings (SSSR count). The lowest BCUT2D eigenvalue weighted by Crippen LogP contribution is -2.48. The average molecular weight is 337 g/mol. The van der Waals surface area contributed by atoms with Crippen LogP contribution in [0.15, 0.2) is 18.2 Å². The van der Waals surface area contributed by atoms with E-state index >= 15 is 0 Å². The third-order valence-electron chi connectivity index (χ3n) is 3.64. The van der Waals surface area contributed by atoms with Crippen molar-refractivity contribution in [3.63, 3.8) is 0 Å². The predicted molar refractivity (Wildman–Crippen MR) is 90.9 cm³/mol. The van der Waals surface area contributed by atoms with Gasteiger partial charge in [0.05, 0.1) is 0 Å². The number of nitrogens with one attached hydrogen (secondary N) is 1. The monoisotopic (exact) mass is 336 g/mol. The molecule has 0 radical (unpaired) electrons. The van der Waals surface area contributed by atoms with Gasteiger partial charge < -0.3 is 15.5 Å². The molecule has 1 aromatic carbocycles. The smallest absolute Gasteiger partial charge is 0.120 e. The van der Waals surface area contributed by atoms with Gasteiger partial charge in [-0.15, -0.1) is 24.8 Å². The SMILES string of the molecule is CC(C)(C)[C@@H](c1cc(O)ccc1O)N1CCNCC1.Cl.Cl. The lowest BCUT2D eigenvalue weighted by atomic mass is 9.80. The van der Waals surface area contributed by atoms with Crippen molar-refractivity contribution in [2.75, 3.05) is 26.2 Å². The molecule has 1 aromatic rings. The fourth-order valence-corrected chi connectivity index (χ4v) is 2.91. The molecule has 0 unspecified atom stereocenters.